The highest BCUT2D eigenvalue weighted by atomic mass is 32.1. The number of methoxy groups -OCH3 is 1. The van der Waals surface area contributed by atoms with Crippen molar-refractivity contribution in [2.75, 3.05) is 17.7 Å². The van der Waals surface area contributed by atoms with Gasteiger partial charge in [0.1, 0.15) is 0 Å². The number of ether oxygens (including phenoxy) is 1. The number of nitrogens with one attached hydrogen (secondary N) is 2. The molecule has 0 saturated carbocycles. The molecular weight excluding hydrogens is 264 g/mol. The molecule has 0 radical (unpaired) electrons. The molecule has 0 atom stereocenters. The number of rotatable bonds is 3. The number of esters is 1. The highest BCUT2D eigenvalue weighted by Crippen LogP contribution is 2.16. The number of anilines is 2. The second-order valence-electron chi connectivity index (χ2n) is 3.63. The van der Waals surface area contributed by atoms with E-state index in [4.69, 9.17) is 0 Å². The predicted octanol–water partition coefficient (Wildman–Crippen LogP) is 3.18. The van der Waals surface area contributed by atoms with Crippen LogP contribution in [0.15, 0.2) is 41.8 Å². The summed E-state index contributed by atoms with van der Waals surface area (Å²) in [5.41, 5.74) is 1.04. The molecule has 2 N–H and O–H groups in total. The minimum atomic E-state index is -0.408. The number of hydrogen-bond acceptors (Lipinski definition) is 4. The summed E-state index contributed by atoms with van der Waals surface area (Å²) in [4.78, 5) is 22.9. The highest BCUT2D eigenvalue weighted by Gasteiger charge is 2.06. The third kappa shape index (κ3) is 3.56. The van der Waals surface area contributed by atoms with Gasteiger partial charge in [-0.15, -0.1) is 11.3 Å². The molecule has 0 unspecified atom stereocenters. The molecule has 5 nitrogen and oxygen atoms in total. The lowest BCUT2D eigenvalue weighted by Crippen LogP contribution is -2.18. The fourth-order valence-corrected chi connectivity index (χ4v) is 2.04. The zero-order chi connectivity index (χ0) is 13.7. The first kappa shape index (κ1) is 13.1. The molecule has 19 heavy (non-hydrogen) atoms. The Bertz CT molecular complexity index is 564. The number of carbonyl (C=O) groups excluding carboxylic acids is 2. The fraction of sp³-hybridized carbons (Fsp3) is 0.0769. The van der Waals surface area contributed by atoms with Crippen LogP contribution in [0.2, 0.25) is 0 Å². The summed E-state index contributed by atoms with van der Waals surface area (Å²) < 4.78 is 4.59. The number of amides is 2. The third-order valence-corrected chi connectivity index (χ3v) is 3.11. The van der Waals surface area contributed by atoms with Gasteiger partial charge in [0.25, 0.3) is 0 Å². The Hall–Kier alpha value is -2.34. The standard InChI is InChI=1S/C13H12N2O3S/c1-18-12(16)9-4-6-10(7-5-9)14-13(17)15-11-3-2-8-19-11/h2-8H,1H3,(H2,14,15,17). The molecule has 1 aromatic carbocycles. The predicted molar refractivity (Wildman–Crippen MR) is 74.7 cm³/mol. The first-order valence-corrected chi connectivity index (χ1v) is 6.37. The molecule has 6 heteroatoms. The van der Waals surface area contributed by atoms with E-state index in [9.17, 15) is 9.59 Å². The van der Waals surface area contributed by atoms with Crippen LogP contribution in [-0.2, 0) is 4.74 Å². The lowest BCUT2D eigenvalue weighted by molar-refractivity contribution is 0.0601. The van der Waals surface area contributed by atoms with Gasteiger partial charge in [0.15, 0.2) is 0 Å². The van der Waals surface area contributed by atoms with Gasteiger partial charge in [0.2, 0.25) is 0 Å². The molecule has 2 amide bonds. The van der Waals surface area contributed by atoms with Crippen LogP contribution in [-0.4, -0.2) is 19.1 Å². The summed E-state index contributed by atoms with van der Waals surface area (Å²) in [7, 11) is 1.32. The largest absolute Gasteiger partial charge is 0.465 e. The maximum absolute atomic E-state index is 11.6. The minimum Gasteiger partial charge on any atom is -0.465 e. The van der Waals surface area contributed by atoms with Crippen LogP contribution in [0.25, 0.3) is 0 Å². The molecule has 0 bridgehead atoms. The summed E-state index contributed by atoms with van der Waals surface area (Å²) in [5, 5.41) is 8.01. The second kappa shape index (κ2) is 6.01. The molecule has 2 rings (SSSR count). The average Bonchev–Trinajstić information content (AvgIpc) is 2.91. The van der Waals surface area contributed by atoms with E-state index in [-0.39, 0.29) is 6.03 Å². The van der Waals surface area contributed by atoms with Crippen molar-refractivity contribution < 1.29 is 14.3 Å². The van der Waals surface area contributed by atoms with Crippen molar-refractivity contribution in [3.8, 4) is 0 Å². The van der Waals surface area contributed by atoms with Crippen LogP contribution in [0.5, 0.6) is 0 Å². The van der Waals surface area contributed by atoms with E-state index in [0.29, 0.717) is 11.3 Å². The third-order valence-electron chi connectivity index (χ3n) is 2.32. The van der Waals surface area contributed by atoms with Gasteiger partial charge in [0, 0.05) is 5.69 Å². The van der Waals surface area contributed by atoms with Crippen LogP contribution in [0.1, 0.15) is 10.4 Å². The number of thiophene rings is 1. The van der Waals surface area contributed by atoms with Crippen LogP contribution in [0.4, 0.5) is 15.5 Å². The normalized spacial score (nSPS) is 9.74. The SMILES string of the molecule is COC(=O)c1ccc(NC(=O)Nc2cccs2)cc1. The van der Waals surface area contributed by atoms with Gasteiger partial charge in [-0.3, -0.25) is 5.32 Å². The van der Waals surface area contributed by atoms with Crippen molar-refractivity contribution in [1.82, 2.24) is 0 Å². The van der Waals surface area contributed by atoms with Gasteiger partial charge in [-0.1, -0.05) is 0 Å². The van der Waals surface area contributed by atoms with E-state index < -0.39 is 5.97 Å². The molecule has 1 heterocycles. The number of carbonyl (C=O) groups is 2. The molecule has 0 aliphatic carbocycles. The molecule has 0 spiro atoms. The van der Waals surface area contributed by atoms with Gasteiger partial charge < -0.3 is 10.1 Å². The molecule has 98 valence electrons. The van der Waals surface area contributed by atoms with Gasteiger partial charge in [-0.05, 0) is 41.8 Å². The van der Waals surface area contributed by atoms with E-state index in [1.807, 2.05) is 17.5 Å². The Morgan fingerprint density at radius 2 is 1.84 bits per heavy atom. The van der Waals surface area contributed by atoms with Crippen molar-refractivity contribution in [3.05, 3.63) is 47.3 Å². The van der Waals surface area contributed by atoms with E-state index in [0.717, 1.165) is 5.00 Å². The molecular formula is C13H12N2O3S. The molecule has 2 aromatic rings. The lowest BCUT2D eigenvalue weighted by Gasteiger charge is -2.06. The molecule has 1 aromatic heterocycles. The van der Waals surface area contributed by atoms with E-state index in [2.05, 4.69) is 15.4 Å². The summed E-state index contributed by atoms with van der Waals surface area (Å²) in [6.07, 6.45) is 0. The van der Waals surface area contributed by atoms with Crippen molar-refractivity contribution in [2.24, 2.45) is 0 Å². The highest BCUT2D eigenvalue weighted by molar-refractivity contribution is 7.14. The lowest BCUT2D eigenvalue weighted by atomic mass is 10.2. The van der Waals surface area contributed by atoms with Gasteiger partial charge >= 0.3 is 12.0 Å². The molecule has 0 saturated heterocycles. The Morgan fingerprint density at radius 3 is 2.42 bits per heavy atom. The van der Waals surface area contributed by atoms with E-state index in [1.54, 1.807) is 24.3 Å². The Morgan fingerprint density at radius 1 is 1.11 bits per heavy atom. The van der Waals surface area contributed by atoms with Crippen molar-refractivity contribution in [3.63, 3.8) is 0 Å². The molecule has 0 aliphatic rings. The smallest absolute Gasteiger partial charge is 0.337 e. The van der Waals surface area contributed by atoms with Gasteiger partial charge in [-0.25, -0.2) is 9.59 Å². The minimum absolute atomic E-state index is 0.326. The first-order valence-electron chi connectivity index (χ1n) is 5.49. The Balaban J connectivity index is 1.96. The molecule has 0 aliphatic heterocycles. The van der Waals surface area contributed by atoms with Gasteiger partial charge in [-0.2, -0.15) is 0 Å². The van der Waals surface area contributed by atoms with Crippen LogP contribution < -0.4 is 10.6 Å². The van der Waals surface area contributed by atoms with E-state index >= 15 is 0 Å². The molecule has 0 fully saturated rings. The topological polar surface area (TPSA) is 67.4 Å². The quantitative estimate of drug-likeness (QED) is 0.846. The van der Waals surface area contributed by atoms with Crippen molar-refractivity contribution >= 4 is 34.0 Å². The average molecular weight is 276 g/mol. The number of hydrogen-bond donors (Lipinski definition) is 2. The zero-order valence-electron chi connectivity index (χ0n) is 10.2. The van der Waals surface area contributed by atoms with Crippen molar-refractivity contribution in [1.29, 1.82) is 0 Å². The Labute approximate surface area is 114 Å². The summed E-state index contributed by atoms with van der Waals surface area (Å²) in [5.74, 6) is -0.408. The number of urea groups is 1. The van der Waals surface area contributed by atoms with Gasteiger partial charge in [0.05, 0.1) is 17.7 Å². The van der Waals surface area contributed by atoms with E-state index in [1.165, 1.54) is 18.4 Å². The fourth-order valence-electron chi connectivity index (χ4n) is 1.43. The first-order chi connectivity index (χ1) is 9.19. The zero-order valence-corrected chi connectivity index (χ0v) is 11.0. The number of benzene rings is 1. The summed E-state index contributed by atoms with van der Waals surface area (Å²) in [6.45, 7) is 0. The van der Waals surface area contributed by atoms with Crippen LogP contribution >= 0.6 is 11.3 Å². The Kier molecular flexibility index (Phi) is 4.15. The summed E-state index contributed by atoms with van der Waals surface area (Å²) >= 11 is 1.44. The maximum Gasteiger partial charge on any atom is 0.337 e. The second-order valence-corrected chi connectivity index (χ2v) is 4.57. The monoisotopic (exact) mass is 276 g/mol. The van der Waals surface area contributed by atoms with Crippen LogP contribution in [0, 0.1) is 0 Å². The van der Waals surface area contributed by atoms with Crippen molar-refractivity contribution in [2.45, 2.75) is 0 Å². The maximum atomic E-state index is 11.6. The summed E-state index contributed by atoms with van der Waals surface area (Å²) in [6, 6.07) is 9.80. The van der Waals surface area contributed by atoms with Crippen LogP contribution in [0.3, 0.4) is 0 Å².